The minimum absolute atomic E-state index is 0.0555. The number of methoxy groups -OCH3 is 2. The molecule has 112 valence electrons. The molecule has 1 aliphatic rings. The zero-order valence-corrected chi connectivity index (χ0v) is 12.5. The van der Waals surface area contributed by atoms with Gasteiger partial charge in [0.05, 0.1) is 14.2 Å². The molecule has 6 nitrogen and oxygen atoms in total. The lowest BCUT2D eigenvalue weighted by Gasteiger charge is -2.20. The van der Waals surface area contributed by atoms with Crippen molar-refractivity contribution in [2.75, 3.05) is 21.3 Å². The first kappa shape index (κ1) is 15.3. The molecule has 0 spiro atoms. The van der Waals surface area contributed by atoms with Crippen molar-refractivity contribution in [1.82, 2.24) is 5.06 Å². The van der Waals surface area contributed by atoms with Gasteiger partial charge in [-0.25, -0.2) is 9.59 Å². The Morgan fingerprint density at radius 3 is 2.38 bits per heavy atom. The standard InChI is InChI=1S/C14H14ClNO5/c1-16-11(8-6-4-5-7-9(8)15)10(13(17)19-2)12(21-16)14(18)20-3/h4-7,11H,1-3H3. The van der Waals surface area contributed by atoms with E-state index in [1.54, 1.807) is 31.3 Å². The molecule has 0 saturated heterocycles. The number of hydroxylamine groups is 2. The molecule has 1 atom stereocenters. The average molecular weight is 312 g/mol. The second-order valence-electron chi connectivity index (χ2n) is 4.29. The minimum atomic E-state index is -0.753. The van der Waals surface area contributed by atoms with Gasteiger partial charge in [0.1, 0.15) is 11.6 Å². The van der Waals surface area contributed by atoms with Crippen LogP contribution in [0.4, 0.5) is 0 Å². The second kappa shape index (κ2) is 6.15. The van der Waals surface area contributed by atoms with Gasteiger partial charge in [-0.05, 0) is 11.6 Å². The van der Waals surface area contributed by atoms with Gasteiger partial charge in [0.2, 0.25) is 5.76 Å². The Morgan fingerprint density at radius 1 is 1.19 bits per heavy atom. The molecule has 0 amide bonds. The first-order valence-electron chi connectivity index (χ1n) is 6.07. The van der Waals surface area contributed by atoms with E-state index < -0.39 is 18.0 Å². The van der Waals surface area contributed by atoms with Crippen LogP contribution in [0, 0.1) is 0 Å². The molecule has 1 unspecified atom stereocenters. The van der Waals surface area contributed by atoms with Gasteiger partial charge >= 0.3 is 11.9 Å². The van der Waals surface area contributed by atoms with Gasteiger partial charge in [-0.1, -0.05) is 29.8 Å². The van der Waals surface area contributed by atoms with Crippen molar-refractivity contribution in [1.29, 1.82) is 0 Å². The van der Waals surface area contributed by atoms with Crippen LogP contribution in [0.15, 0.2) is 35.6 Å². The highest BCUT2D eigenvalue weighted by Gasteiger charge is 2.43. The Kier molecular flexibility index (Phi) is 4.50. The lowest BCUT2D eigenvalue weighted by molar-refractivity contribution is -0.152. The van der Waals surface area contributed by atoms with Crippen LogP contribution < -0.4 is 0 Å². The van der Waals surface area contributed by atoms with Gasteiger partial charge in [-0.2, -0.15) is 0 Å². The number of rotatable bonds is 3. The molecule has 1 aromatic rings. The van der Waals surface area contributed by atoms with Crippen molar-refractivity contribution < 1.29 is 23.9 Å². The number of halogens is 1. The Bertz CT molecular complexity index is 613. The summed E-state index contributed by atoms with van der Waals surface area (Å²) in [7, 11) is 4.02. The summed E-state index contributed by atoms with van der Waals surface area (Å²) in [5.41, 5.74) is 0.681. The molecular weight excluding hydrogens is 298 g/mol. The lowest BCUT2D eigenvalue weighted by Crippen LogP contribution is -2.22. The minimum Gasteiger partial charge on any atom is -0.465 e. The van der Waals surface area contributed by atoms with E-state index in [9.17, 15) is 9.59 Å². The summed E-state index contributed by atoms with van der Waals surface area (Å²) in [6.45, 7) is 0. The fourth-order valence-electron chi connectivity index (χ4n) is 2.15. The molecule has 1 aromatic carbocycles. The molecule has 0 saturated carbocycles. The summed E-state index contributed by atoms with van der Waals surface area (Å²) in [4.78, 5) is 29.2. The van der Waals surface area contributed by atoms with E-state index in [4.69, 9.17) is 21.2 Å². The third-order valence-electron chi connectivity index (χ3n) is 3.09. The van der Waals surface area contributed by atoms with Crippen molar-refractivity contribution in [2.45, 2.75) is 6.04 Å². The monoisotopic (exact) mass is 311 g/mol. The van der Waals surface area contributed by atoms with E-state index in [0.29, 0.717) is 10.6 Å². The molecule has 1 heterocycles. The molecular formula is C14H14ClNO5. The van der Waals surface area contributed by atoms with Crippen LogP contribution in [0.5, 0.6) is 0 Å². The van der Waals surface area contributed by atoms with Crippen molar-refractivity contribution in [3.63, 3.8) is 0 Å². The van der Waals surface area contributed by atoms with Crippen LogP contribution in [0.1, 0.15) is 11.6 Å². The predicted molar refractivity (Wildman–Crippen MR) is 74.1 cm³/mol. The molecule has 1 aliphatic heterocycles. The van der Waals surface area contributed by atoms with Crippen LogP contribution >= 0.6 is 11.6 Å². The SMILES string of the molecule is COC(=O)C1=C(C(=O)OC)C(c2ccccc2Cl)N(C)O1. The van der Waals surface area contributed by atoms with Crippen molar-refractivity contribution in [2.24, 2.45) is 0 Å². The number of hydrogen-bond donors (Lipinski definition) is 0. The van der Waals surface area contributed by atoms with Gasteiger partial charge < -0.3 is 14.3 Å². The fraction of sp³-hybridized carbons (Fsp3) is 0.286. The largest absolute Gasteiger partial charge is 0.465 e. The molecule has 7 heteroatoms. The number of ether oxygens (including phenoxy) is 2. The first-order chi connectivity index (χ1) is 10.0. The highest BCUT2D eigenvalue weighted by molar-refractivity contribution is 6.31. The Balaban J connectivity index is 2.58. The van der Waals surface area contributed by atoms with Crippen LogP contribution in [0.3, 0.4) is 0 Å². The Morgan fingerprint density at radius 2 is 1.81 bits per heavy atom. The average Bonchev–Trinajstić information content (AvgIpc) is 2.83. The second-order valence-corrected chi connectivity index (χ2v) is 4.69. The van der Waals surface area contributed by atoms with E-state index in [1.807, 2.05) is 0 Å². The van der Waals surface area contributed by atoms with Gasteiger partial charge in [-0.3, -0.25) is 0 Å². The van der Waals surface area contributed by atoms with E-state index in [-0.39, 0.29) is 11.3 Å². The number of likely N-dealkylation sites (N-methyl/N-ethyl adjacent to an activating group) is 1. The van der Waals surface area contributed by atoms with Crippen LogP contribution in [0.25, 0.3) is 0 Å². The van der Waals surface area contributed by atoms with Crippen molar-refractivity contribution in [3.05, 3.63) is 46.2 Å². The number of benzene rings is 1. The van der Waals surface area contributed by atoms with Crippen LogP contribution in [0.2, 0.25) is 5.02 Å². The maximum atomic E-state index is 12.0. The number of nitrogens with zero attached hydrogens (tertiary/aromatic N) is 1. The highest BCUT2D eigenvalue weighted by atomic mass is 35.5. The maximum Gasteiger partial charge on any atom is 0.376 e. The number of carbonyl (C=O) groups is 2. The molecule has 0 N–H and O–H groups in total. The molecule has 2 rings (SSSR count). The van der Waals surface area contributed by atoms with E-state index in [0.717, 1.165) is 0 Å². The van der Waals surface area contributed by atoms with Gasteiger partial charge in [0.25, 0.3) is 0 Å². The molecule has 0 fully saturated rings. The predicted octanol–water partition coefficient (Wildman–Crippen LogP) is 1.86. The van der Waals surface area contributed by atoms with Gasteiger partial charge in [0, 0.05) is 12.1 Å². The summed E-state index contributed by atoms with van der Waals surface area (Å²) in [5, 5.41) is 1.81. The summed E-state index contributed by atoms with van der Waals surface area (Å²) < 4.78 is 9.38. The van der Waals surface area contributed by atoms with E-state index >= 15 is 0 Å². The summed E-state index contributed by atoms with van der Waals surface area (Å²) in [6, 6.07) is 6.33. The molecule has 0 aromatic heterocycles. The zero-order valence-electron chi connectivity index (χ0n) is 11.8. The smallest absolute Gasteiger partial charge is 0.376 e. The molecule has 0 aliphatic carbocycles. The fourth-order valence-corrected chi connectivity index (χ4v) is 2.39. The van der Waals surface area contributed by atoms with Gasteiger partial charge in [-0.15, -0.1) is 5.06 Å². The number of carbonyl (C=O) groups excluding carboxylic acids is 2. The lowest BCUT2D eigenvalue weighted by atomic mass is 9.98. The topological polar surface area (TPSA) is 65.1 Å². The number of hydrogen-bond acceptors (Lipinski definition) is 6. The third-order valence-corrected chi connectivity index (χ3v) is 3.44. The first-order valence-corrected chi connectivity index (χ1v) is 6.45. The molecule has 21 heavy (non-hydrogen) atoms. The van der Waals surface area contributed by atoms with Gasteiger partial charge in [0.15, 0.2) is 0 Å². The highest BCUT2D eigenvalue weighted by Crippen LogP contribution is 2.40. The summed E-state index contributed by atoms with van der Waals surface area (Å²) in [6.07, 6.45) is 0. The normalized spacial score (nSPS) is 18.4. The van der Waals surface area contributed by atoms with Crippen molar-refractivity contribution >= 4 is 23.5 Å². The van der Waals surface area contributed by atoms with Crippen LogP contribution in [-0.2, 0) is 23.9 Å². The maximum absolute atomic E-state index is 12.0. The van der Waals surface area contributed by atoms with E-state index in [2.05, 4.69) is 4.74 Å². The quantitative estimate of drug-likeness (QED) is 0.794. The molecule has 0 bridgehead atoms. The Hall–Kier alpha value is -2.05. The number of esters is 2. The third kappa shape index (κ3) is 2.72. The van der Waals surface area contributed by atoms with E-state index in [1.165, 1.54) is 19.3 Å². The van der Waals surface area contributed by atoms with Crippen molar-refractivity contribution in [3.8, 4) is 0 Å². The Labute approximate surface area is 126 Å². The zero-order chi connectivity index (χ0) is 15.6. The summed E-state index contributed by atoms with van der Waals surface area (Å²) in [5.74, 6) is -1.63. The summed E-state index contributed by atoms with van der Waals surface area (Å²) >= 11 is 6.17. The van der Waals surface area contributed by atoms with Crippen LogP contribution in [-0.4, -0.2) is 38.3 Å². The molecule has 0 radical (unpaired) electrons.